The van der Waals surface area contributed by atoms with Gasteiger partial charge in [0, 0.05) is 15.4 Å². The summed E-state index contributed by atoms with van der Waals surface area (Å²) in [5, 5.41) is 2.41. The van der Waals surface area contributed by atoms with E-state index in [9.17, 15) is 13.6 Å². The molecule has 0 unspecified atom stereocenters. The molecule has 0 aliphatic heterocycles. The van der Waals surface area contributed by atoms with Crippen LogP contribution in [0.1, 0.15) is 10.4 Å². The van der Waals surface area contributed by atoms with Crippen LogP contribution in [-0.4, -0.2) is 16.9 Å². The van der Waals surface area contributed by atoms with Gasteiger partial charge in [-0.1, -0.05) is 38.5 Å². The first kappa shape index (κ1) is 12.8. The molecule has 1 aromatic carbocycles. The van der Waals surface area contributed by atoms with Crippen molar-refractivity contribution in [2.45, 2.75) is 0 Å². The number of benzene rings is 1. The van der Waals surface area contributed by atoms with Crippen LogP contribution in [0.15, 0.2) is 16.6 Å². The van der Waals surface area contributed by atoms with Crippen molar-refractivity contribution < 1.29 is 13.6 Å². The van der Waals surface area contributed by atoms with Crippen LogP contribution < -0.4 is 5.32 Å². The Morgan fingerprint density at radius 3 is 2.40 bits per heavy atom. The van der Waals surface area contributed by atoms with Gasteiger partial charge in [0.15, 0.2) is 0 Å². The summed E-state index contributed by atoms with van der Waals surface area (Å²) in [5.74, 6) is -2.46. The molecular weight excluding hydrogens is 383 g/mol. The fraction of sp³-hybridized carbons (Fsp3) is 0.222. The first-order valence-electron chi connectivity index (χ1n) is 4.05. The van der Waals surface area contributed by atoms with Crippen LogP contribution in [0.25, 0.3) is 0 Å². The smallest absolute Gasteiger partial charge is 0.257 e. The molecule has 82 valence electrons. The number of hydrogen-bond donors (Lipinski definition) is 1. The van der Waals surface area contributed by atoms with Crippen molar-refractivity contribution in [1.82, 2.24) is 5.32 Å². The minimum absolute atomic E-state index is 0.267. The van der Waals surface area contributed by atoms with Crippen molar-refractivity contribution in [1.29, 1.82) is 0 Å². The number of carbonyl (C=O) groups is 1. The summed E-state index contributed by atoms with van der Waals surface area (Å²) in [7, 11) is 0. The van der Waals surface area contributed by atoms with E-state index in [1.807, 2.05) is 0 Å². The highest BCUT2D eigenvalue weighted by Crippen LogP contribution is 2.19. The molecule has 0 aromatic heterocycles. The third-order valence-corrected chi connectivity index (χ3v) is 2.61. The van der Waals surface area contributed by atoms with E-state index in [0.29, 0.717) is 11.0 Å². The van der Waals surface area contributed by atoms with Crippen LogP contribution in [0.2, 0.25) is 0 Å². The van der Waals surface area contributed by atoms with Crippen molar-refractivity contribution >= 4 is 44.4 Å². The highest BCUT2D eigenvalue weighted by Gasteiger charge is 2.17. The third-order valence-electron chi connectivity index (χ3n) is 1.61. The molecule has 0 radical (unpaired) electrons. The van der Waals surface area contributed by atoms with Gasteiger partial charge >= 0.3 is 0 Å². The summed E-state index contributed by atoms with van der Waals surface area (Å²) in [5.41, 5.74) is -0.539. The second kappa shape index (κ2) is 5.74. The maximum atomic E-state index is 13.3. The first-order chi connectivity index (χ1) is 7.06. The fourth-order valence-corrected chi connectivity index (χ4v) is 1.68. The molecule has 0 saturated carbocycles. The number of hydrogen-bond acceptors (Lipinski definition) is 1. The van der Waals surface area contributed by atoms with Gasteiger partial charge < -0.3 is 5.32 Å². The molecule has 6 heteroatoms. The summed E-state index contributed by atoms with van der Waals surface area (Å²) >= 11 is 4.99. The van der Waals surface area contributed by atoms with Crippen LogP contribution in [0.4, 0.5) is 8.78 Å². The summed E-state index contributed by atoms with van der Waals surface area (Å²) in [6, 6.07) is 2.12. The first-order valence-corrected chi connectivity index (χ1v) is 6.37. The number of nitrogens with one attached hydrogen (secondary N) is 1. The Balaban J connectivity index is 2.98. The molecule has 15 heavy (non-hydrogen) atoms. The van der Waals surface area contributed by atoms with E-state index in [2.05, 4.69) is 43.8 Å². The molecule has 1 rings (SSSR count). The Morgan fingerprint density at radius 1 is 1.40 bits per heavy atom. The SMILES string of the molecule is O=C(NCCI)c1c(F)cc(Br)cc1F. The lowest BCUT2D eigenvalue weighted by Crippen LogP contribution is -2.27. The van der Waals surface area contributed by atoms with E-state index in [1.165, 1.54) is 0 Å². The monoisotopic (exact) mass is 389 g/mol. The second-order valence-electron chi connectivity index (χ2n) is 2.69. The van der Waals surface area contributed by atoms with Gasteiger partial charge in [0.1, 0.15) is 17.2 Å². The number of rotatable bonds is 3. The van der Waals surface area contributed by atoms with E-state index in [-0.39, 0.29) is 4.47 Å². The molecule has 1 aromatic rings. The quantitative estimate of drug-likeness (QED) is 0.625. The molecule has 0 aliphatic carbocycles. The van der Waals surface area contributed by atoms with Gasteiger partial charge in [-0.3, -0.25) is 4.79 Å². The van der Waals surface area contributed by atoms with Gasteiger partial charge in [-0.2, -0.15) is 0 Å². The Bertz CT molecular complexity index is 363. The third kappa shape index (κ3) is 3.37. The number of halogens is 4. The van der Waals surface area contributed by atoms with Crippen molar-refractivity contribution in [3.05, 3.63) is 33.8 Å². The van der Waals surface area contributed by atoms with Crippen LogP contribution >= 0.6 is 38.5 Å². The zero-order valence-corrected chi connectivity index (χ0v) is 11.2. The minimum Gasteiger partial charge on any atom is -0.351 e. The average Bonchev–Trinajstić information content (AvgIpc) is 2.12. The van der Waals surface area contributed by atoms with Crippen molar-refractivity contribution in [2.75, 3.05) is 11.0 Å². The van der Waals surface area contributed by atoms with Crippen LogP contribution in [0, 0.1) is 11.6 Å². The Labute approximate surface area is 108 Å². The lowest BCUT2D eigenvalue weighted by molar-refractivity contribution is 0.0948. The molecule has 0 aliphatic rings. The molecule has 0 spiro atoms. The van der Waals surface area contributed by atoms with Gasteiger partial charge in [-0.05, 0) is 12.1 Å². The van der Waals surface area contributed by atoms with Gasteiger partial charge in [0.25, 0.3) is 5.91 Å². The van der Waals surface area contributed by atoms with E-state index in [4.69, 9.17) is 0 Å². The summed E-state index contributed by atoms with van der Waals surface area (Å²) < 4.78 is 27.5. The highest BCUT2D eigenvalue weighted by molar-refractivity contribution is 14.1. The van der Waals surface area contributed by atoms with Crippen molar-refractivity contribution in [3.8, 4) is 0 Å². The topological polar surface area (TPSA) is 29.1 Å². The van der Waals surface area contributed by atoms with Crippen molar-refractivity contribution in [3.63, 3.8) is 0 Å². The van der Waals surface area contributed by atoms with Crippen molar-refractivity contribution in [2.24, 2.45) is 0 Å². The number of alkyl halides is 1. The van der Waals surface area contributed by atoms with Crippen LogP contribution in [0.5, 0.6) is 0 Å². The van der Waals surface area contributed by atoms with Crippen LogP contribution in [-0.2, 0) is 0 Å². The van der Waals surface area contributed by atoms with Crippen LogP contribution in [0.3, 0.4) is 0 Å². The Hall–Kier alpha value is -0.240. The largest absolute Gasteiger partial charge is 0.351 e. The fourth-order valence-electron chi connectivity index (χ4n) is 1.01. The van der Waals surface area contributed by atoms with Gasteiger partial charge in [-0.15, -0.1) is 0 Å². The Kier molecular flexibility index (Phi) is 4.91. The predicted molar refractivity (Wildman–Crippen MR) is 65.3 cm³/mol. The van der Waals surface area contributed by atoms with Gasteiger partial charge in [-0.25, -0.2) is 8.78 Å². The maximum absolute atomic E-state index is 13.3. The molecule has 2 nitrogen and oxygen atoms in total. The number of carbonyl (C=O) groups excluding carboxylic acids is 1. The molecule has 0 atom stereocenters. The number of amides is 1. The lowest BCUT2D eigenvalue weighted by Gasteiger charge is -2.05. The summed E-state index contributed by atoms with van der Waals surface area (Å²) in [6.45, 7) is 0.383. The van der Waals surface area contributed by atoms with Gasteiger partial charge in [0.05, 0.1) is 0 Å². The normalized spacial score (nSPS) is 10.1. The molecule has 0 heterocycles. The predicted octanol–water partition coefficient (Wildman–Crippen LogP) is 2.89. The molecule has 1 amide bonds. The molecule has 0 bridgehead atoms. The maximum Gasteiger partial charge on any atom is 0.257 e. The molecule has 0 fully saturated rings. The summed E-state index contributed by atoms with van der Waals surface area (Å²) in [6.07, 6.45) is 0. The summed E-state index contributed by atoms with van der Waals surface area (Å²) in [4.78, 5) is 11.3. The average molecular weight is 390 g/mol. The standard InChI is InChI=1S/C9H7BrF2INO/c10-5-3-6(11)8(7(12)4-5)9(15)14-2-1-13/h3-4H,1-2H2,(H,14,15). The molecule has 1 N–H and O–H groups in total. The zero-order valence-electron chi connectivity index (χ0n) is 7.49. The van der Waals surface area contributed by atoms with E-state index < -0.39 is 23.1 Å². The highest BCUT2D eigenvalue weighted by atomic mass is 127. The lowest BCUT2D eigenvalue weighted by atomic mass is 10.2. The van der Waals surface area contributed by atoms with E-state index >= 15 is 0 Å². The Morgan fingerprint density at radius 2 is 1.93 bits per heavy atom. The van der Waals surface area contributed by atoms with E-state index in [0.717, 1.165) is 12.1 Å². The van der Waals surface area contributed by atoms with Gasteiger partial charge in [0.2, 0.25) is 0 Å². The second-order valence-corrected chi connectivity index (χ2v) is 4.68. The molecular formula is C9H7BrF2INO. The van der Waals surface area contributed by atoms with E-state index in [1.54, 1.807) is 0 Å². The minimum atomic E-state index is -0.868. The molecule has 0 saturated heterocycles. The zero-order chi connectivity index (χ0) is 11.4.